The molecule has 3 rings (SSSR count). The van der Waals surface area contributed by atoms with Gasteiger partial charge in [-0.25, -0.2) is 17.9 Å². The third-order valence-corrected chi connectivity index (χ3v) is 6.83. The highest BCUT2D eigenvalue weighted by Crippen LogP contribution is 2.36. The molecular formula is C18H23F3N2O6S. The number of benzene rings is 1. The van der Waals surface area contributed by atoms with Crippen molar-refractivity contribution in [1.82, 2.24) is 9.62 Å². The van der Waals surface area contributed by atoms with Gasteiger partial charge in [0.2, 0.25) is 16.1 Å². The van der Waals surface area contributed by atoms with Gasteiger partial charge in [0, 0.05) is 19.1 Å². The molecule has 168 valence electrons. The minimum absolute atomic E-state index is 0.104. The summed E-state index contributed by atoms with van der Waals surface area (Å²) < 4.78 is 75.7. The van der Waals surface area contributed by atoms with E-state index in [4.69, 9.17) is 9.84 Å². The third-order valence-electron chi connectivity index (χ3n) is 5.29. The average molecular weight is 452 g/mol. The molecule has 0 saturated carbocycles. The van der Waals surface area contributed by atoms with Gasteiger partial charge in [0.1, 0.15) is 0 Å². The van der Waals surface area contributed by atoms with E-state index in [2.05, 4.69) is 9.46 Å². The Kier molecular flexibility index (Phi) is 6.60. The Morgan fingerprint density at radius 1 is 1.30 bits per heavy atom. The number of sulfonamides is 1. The first-order valence-corrected chi connectivity index (χ1v) is 10.9. The van der Waals surface area contributed by atoms with E-state index in [1.807, 2.05) is 0 Å². The molecular weight excluding hydrogens is 429 g/mol. The molecule has 1 unspecified atom stereocenters. The van der Waals surface area contributed by atoms with Crippen LogP contribution in [0.25, 0.3) is 0 Å². The van der Waals surface area contributed by atoms with Gasteiger partial charge in [0.25, 0.3) is 0 Å². The topological polar surface area (TPSA) is 105 Å². The van der Waals surface area contributed by atoms with Crippen LogP contribution in [0.1, 0.15) is 19.3 Å². The molecule has 2 heterocycles. The molecule has 1 aromatic rings. The molecule has 12 heteroatoms. The van der Waals surface area contributed by atoms with Crippen molar-refractivity contribution in [2.24, 2.45) is 0 Å². The first-order valence-electron chi connectivity index (χ1n) is 9.39. The molecule has 2 saturated heterocycles. The predicted octanol–water partition coefficient (Wildman–Crippen LogP) is 1.65. The van der Waals surface area contributed by atoms with E-state index in [9.17, 15) is 26.4 Å². The van der Waals surface area contributed by atoms with Crippen molar-refractivity contribution in [2.75, 3.05) is 26.3 Å². The lowest BCUT2D eigenvalue weighted by Crippen LogP contribution is -2.49. The maximum absolute atomic E-state index is 12.7. The third kappa shape index (κ3) is 5.23. The summed E-state index contributed by atoms with van der Waals surface area (Å²) in [5, 5.41) is 8.79. The molecule has 2 aliphatic heterocycles. The molecule has 2 atom stereocenters. The summed E-state index contributed by atoms with van der Waals surface area (Å²) in [7, 11) is -3.70. The molecule has 30 heavy (non-hydrogen) atoms. The van der Waals surface area contributed by atoms with Crippen molar-refractivity contribution < 1.29 is 41.0 Å². The maximum Gasteiger partial charge on any atom is 0.427 e. The van der Waals surface area contributed by atoms with Crippen LogP contribution >= 0.6 is 0 Å². The number of amides is 1. The molecule has 2 N–H and O–H groups in total. The molecule has 1 spiro atoms. The molecule has 0 aliphatic carbocycles. The minimum Gasteiger partial charge on any atom is -0.434 e. The van der Waals surface area contributed by atoms with E-state index in [0.29, 0.717) is 19.3 Å². The van der Waals surface area contributed by atoms with Gasteiger partial charge in [-0.15, -0.1) is 0 Å². The van der Waals surface area contributed by atoms with Gasteiger partial charge in [-0.05, 0) is 31.4 Å². The highest BCUT2D eigenvalue weighted by Gasteiger charge is 2.46. The van der Waals surface area contributed by atoms with E-state index < -0.39 is 46.6 Å². The minimum atomic E-state index is -4.85. The van der Waals surface area contributed by atoms with E-state index in [1.54, 1.807) is 18.2 Å². The van der Waals surface area contributed by atoms with Crippen LogP contribution in [-0.2, 0) is 19.5 Å². The Balaban J connectivity index is 1.53. The second-order valence-corrected chi connectivity index (χ2v) is 9.13. The molecule has 2 aliphatic rings. The van der Waals surface area contributed by atoms with E-state index >= 15 is 0 Å². The number of nitrogens with zero attached hydrogens (tertiary/aromatic N) is 1. The van der Waals surface area contributed by atoms with Crippen molar-refractivity contribution in [3.05, 3.63) is 30.3 Å². The molecule has 0 bridgehead atoms. The number of piperidine rings is 1. The standard InChI is InChI=1S/C18H23F3N2O6S/c19-18(20,21)15(11-24)29-16(25)23-8-6-17(7-9-23)10-13(12-28-17)22-30(26,27)14-4-2-1-3-5-14/h1-5,13,15,22,24H,6-12H2/t13?,15-/m1/s1. The van der Waals surface area contributed by atoms with Crippen LogP contribution in [0.3, 0.4) is 0 Å². The van der Waals surface area contributed by atoms with E-state index in [-0.39, 0.29) is 24.6 Å². The van der Waals surface area contributed by atoms with Crippen LogP contribution in [-0.4, -0.2) is 74.7 Å². The van der Waals surface area contributed by atoms with Gasteiger partial charge in [-0.2, -0.15) is 13.2 Å². The largest absolute Gasteiger partial charge is 0.434 e. The summed E-state index contributed by atoms with van der Waals surface area (Å²) in [5.74, 6) is 0. The first-order chi connectivity index (χ1) is 14.0. The number of rotatable bonds is 5. The number of halogens is 3. The fraction of sp³-hybridized carbons (Fsp3) is 0.611. The number of hydrogen-bond acceptors (Lipinski definition) is 6. The number of carbonyl (C=O) groups is 1. The number of nitrogens with one attached hydrogen (secondary N) is 1. The fourth-order valence-corrected chi connectivity index (χ4v) is 4.90. The second kappa shape index (κ2) is 8.69. The zero-order valence-corrected chi connectivity index (χ0v) is 16.8. The van der Waals surface area contributed by atoms with Gasteiger partial charge < -0.3 is 19.5 Å². The van der Waals surface area contributed by atoms with Crippen molar-refractivity contribution in [3.8, 4) is 0 Å². The number of likely N-dealkylation sites (tertiary alicyclic amines) is 1. The molecule has 2 fully saturated rings. The number of aliphatic hydroxyl groups is 1. The molecule has 0 radical (unpaired) electrons. The average Bonchev–Trinajstić information content (AvgIpc) is 3.07. The van der Waals surface area contributed by atoms with E-state index in [1.165, 1.54) is 12.1 Å². The zero-order valence-electron chi connectivity index (χ0n) is 16.0. The summed E-state index contributed by atoms with van der Waals surface area (Å²) in [6, 6.07) is 7.48. The highest BCUT2D eigenvalue weighted by molar-refractivity contribution is 7.89. The van der Waals surface area contributed by atoms with Crippen molar-refractivity contribution in [1.29, 1.82) is 0 Å². The smallest absolute Gasteiger partial charge is 0.427 e. The van der Waals surface area contributed by atoms with Crippen LogP contribution in [0.4, 0.5) is 18.0 Å². The maximum atomic E-state index is 12.7. The van der Waals surface area contributed by atoms with Gasteiger partial charge in [0.15, 0.2) is 0 Å². The lowest BCUT2D eigenvalue weighted by molar-refractivity contribution is -0.215. The van der Waals surface area contributed by atoms with E-state index in [0.717, 1.165) is 4.90 Å². The van der Waals surface area contributed by atoms with Crippen LogP contribution < -0.4 is 4.72 Å². The number of carbonyl (C=O) groups excluding carboxylic acids is 1. The predicted molar refractivity (Wildman–Crippen MR) is 98.1 cm³/mol. The molecule has 1 amide bonds. The van der Waals surface area contributed by atoms with Gasteiger partial charge >= 0.3 is 12.3 Å². The Morgan fingerprint density at radius 3 is 2.50 bits per heavy atom. The quantitative estimate of drug-likeness (QED) is 0.704. The fourth-order valence-electron chi connectivity index (χ4n) is 3.66. The number of hydrogen-bond donors (Lipinski definition) is 2. The zero-order chi connectivity index (χ0) is 22.0. The van der Waals surface area contributed by atoms with Crippen LogP contribution in [0.2, 0.25) is 0 Å². The monoisotopic (exact) mass is 452 g/mol. The van der Waals surface area contributed by atoms with Crippen LogP contribution in [0.5, 0.6) is 0 Å². The van der Waals surface area contributed by atoms with Gasteiger partial charge in [-0.1, -0.05) is 18.2 Å². The lowest BCUT2D eigenvalue weighted by Gasteiger charge is -2.38. The molecule has 0 aromatic heterocycles. The molecule has 1 aromatic carbocycles. The highest BCUT2D eigenvalue weighted by atomic mass is 32.2. The Hall–Kier alpha value is -1.89. The summed E-state index contributed by atoms with van der Waals surface area (Å²) >= 11 is 0. The number of aliphatic hydroxyl groups excluding tert-OH is 1. The number of ether oxygens (including phenoxy) is 2. The summed E-state index contributed by atoms with van der Waals surface area (Å²) in [4.78, 5) is 13.3. The number of alkyl halides is 3. The van der Waals surface area contributed by atoms with Gasteiger partial charge in [0.05, 0.1) is 23.7 Å². The Morgan fingerprint density at radius 2 is 1.93 bits per heavy atom. The van der Waals surface area contributed by atoms with Crippen molar-refractivity contribution in [2.45, 2.75) is 48.1 Å². The Labute approximate surface area is 172 Å². The summed E-state index contributed by atoms with van der Waals surface area (Å²) in [6.45, 7) is -0.976. The lowest BCUT2D eigenvalue weighted by atomic mass is 9.88. The van der Waals surface area contributed by atoms with Crippen molar-refractivity contribution >= 4 is 16.1 Å². The van der Waals surface area contributed by atoms with Crippen molar-refractivity contribution in [3.63, 3.8) is 0 Å². The summed E-state index contributed by atoms with van der Waals surface area (Å²) in [6.07, 6.45) is -7.51. The van der Waals surface area contributed by atoms with Gasteiger partial charge in [-0.3, -0.25) is 0 Å². The SMILES string of the molecule is O=C(O[C@H](CO)C(F)(F)F)N1CCC2(CC1)CC(NS(=O)(=O)c1ccccc1)CO2. The summed E-state index contributed by atoms with van der Waals surface area (Å²) in [5.41, 5.74) is -0.652. The van der Waals surface area contributed by atoms with Crippen LogP contribution in [0, 0.1) is 0 Å². The second-order valence-electron chi connectivity index (χ2n) is 7.41. The molecule has 8 nitrogen and oxygen atoms in total. The van der Waals surface area contributed by atoms with Crippen LogP contribution in [0.15, 0.2) is 35.2 Å². The Bertz CT molecular complexity index is 841. The normalized spacial score (nSPS) is 22.8. The first kappa shape index (κ1) is 22.8.